The molecule has 0 bridgehead atoms. The van der Waals surface area contributed by atoms with Gasteiger partial charge in [-0.05, 0) is 55.7 Å². The quantitative estimate of drug-likeness (QED) is 0.812. The molecule has 1 aromatic carbocycles. The van der Waals surface area contributed by atoms with Crippen LogP contribution in [0.2, 0.25) is 0 Å². The Morgan fingerprint density at radius 2 is 2.26 bits per heavy atom. The van der Waals surface area contributed by atoms with Crippen molar-refractivity contribution in [3.63, 3.8) is 0 Å². The fraction of sp³-hybridized carbons (Fsp3) is 0.533. The van der Waals surface area contributed by atoms with Gasteiger partial charge in [0, 0.05) is 22.5 Å². The standard InChI is InChI=1S/C15H22N2S2/c1-3-19-13-6-4-12(9-13)17-11-5-7-14(15(16)18)10(2)8-11/h5,7-8,12-13,17H,3-4,6,9H2,1-2H3,(H2,16,18). The highest BCUT2D eigenvalue weighted by Gasteiger charge is 2.24. The Bertz CT molecular complexity index is 459. The van der Waals surface area contributed by atoms with Gasteiger partial charge in [-0.25, -0.2) is 0 Å². The highest BCUT2D eigenvalue weighted by molar-refractivity contribution is 7.99. The number of thiocarbonyl (C=S) groups is 1. The SMILES string of the molecule is CCSC1CCC(Nc2ccc(C(N)=S)c(C)c2)C1. The minimum absolute atomic E-state index is 0.476. The smallest absolute Gasteiger partial charge is 0.104 e. The summed E-state index contributed by atoms with van der Waals surface area (Å²) in [4.78, 5) is 0.476. The third-order valence-corrected chi connectivity index (χ3v) is 5.10. The van der Waals surface area contributed by atoms with Gasteiger partial charge in [-0.15, -0.1) is 0 Å². The minimum atomic E-state index is 0.476. The molecule has 1 aromatic rings. The average molecular weight is 294 g/mol. The lowest BCUT2D eigenvalue weighted by atomic mass is 10.1. The molecule has 0 radical (unpaired) electrons. The van der Waals surface area contributed by atoms with E-state index in [0.717, 1.165) is 16.4 Å². The number of anilines is 1. The lowest BCUT2D eigenvalue weighted by molar-refractivity contribution is 0.757. The minimum Gasteiger partial charge on any atom is -0.389 e. The van der Waals surface area contributed by atoms with Gasteiger partial charge in [-0.3, -0.25) is 0 Å². The van der Waals surface area contributed by atoms with Crippen molar-refractivity contribution in [2.45, 2.75) is 44.4 Å². The maximum atomic E-state index is 5.69. The molecule has 2 atom stereocenters. The predicted octanol–water partition coefficient (Wildman–Crippen LogP) is 3.72. The summed E-state index contributed by atoms with van der Waals surface area (Å²) in [5, 5.41) is 4.47. The van der Waals surface area contributed by atoms with E-state index in [2.05, 4.69) is 43.1 Å². The fourth-order valence-electron chi connectivity index (χ4n) is 2.72. The molecule has 19 heavy (non-hydrogen) atoms. The Kier molecular flexibility index (Phi) is 5.11. The van der Waals surface area contributed by atoms with E-state index in [1.165, 1.54) is 30.7 Å². The van der Waals surface area contributed by atoms with E-state index in [0.29, 0.717) is 11.0 Å². The van der Waals surface area contributed by atoms with Gasteiger partial charge in [0.15, 0.2) is 0 Å². The molecule has 2 rings (SSSR count). The molecule has 2 unspecified atom stereocenters. The maximum absolute atomic E-state index is 5.69. The van der Waals surface area contributed by atoms with Gasteiger partial charge in [0.1, 0.15) is 4.99 Å². The number of nitrogens with two attached hydrogens (primary N) is 1. The lowest BCUT2D eigenvalue weighted by Crippen LogP contribution is -2.17. The zero-order valence-corrected chi connectivity index (χ0v) is 13.2. The van der Waals surface area contributed by atoms with Crippen LogP contribution in [0.4, 0.5) is 5.69 Å². The van der Waals surface area contributed by atoms with Gasteiger partial charge >= 0.3 is 0 Å². The van der Waals surface area contributed by atoms with Crippen LogP contribution in [-0.4, -0.2) is 22.0 Å². The molecule has 0 aromatic heterocycles. The molecule has 0 heterocycles. The molecule has 0 aliphatic heterocycles. The van der Waals surface area contributed by atoms with Crippen LogP contribution in [-0.2, 0) is 0 Å². The summed E-state index contributed by atoms with van der Waals surface area (Å²) in [6, 6.07) is 6.86. The molecule has 1 fully saturated rings. The Hall–Kier alpha value is -0.740. The van der Waals surface area contributed by atoms with Crippen molar-refractivity contribution in [2.24, 2.45) is 5.73 Å². The van der Waals surface area contributed by atoms with E-state index in [1.807, 2.05) is 6.07 Å². The fourth-order valence-corrected chi connectivity index (χ4v) is 4.10. The number of hydrogen-bond donors (Lipinski definition) is 2. The second kappa shape index (κ2) is 6.62. The predicted molar refractivity (Wildman–Crippen MR) is 90.2 cm³/mol. The van der Waals surface area contributed by atoms with Crippen molar-refractivity contribution >= 4 is 34.7 Å². The zero-order chi connectivity index (χ0) is 13.8. The van der Waals surface area contributed by atoms with Gasteiger partial charge in [0.2, 0.25) is 0 Å². The summed E-state index contributed by atoms with van der Waals surface area (Å²) in [6.45, 7) is 4.30. The number of nitrogens with one attached hydrogen (secondary N) is 1. The van der Waals surface area contributed by atoms with Crippen LogP contribution in [0.25, 0.3) is 0 Å². The van der Waals surface area contributed by atoms with Gasteiger partial charge < -0.3 is 11.1 Å². The molecule has 0 saturated heterocycles. The van der Waals surface area contributed by atoms with Crippen LogP contribution in [0.1, 0.15) is 37.3 Å². The summed E-state index contributed by atoms with van der Waals surface area (Å²) in [6.07, 6.45) is 3.88. The second-order valence-electron chi connectivity index (χ2n) is 5.13. The van der Waals surface area contributed by atoms with Crippen molar-refractivity contribution in [3.8, 4) is 0 Å². The van der Waals surface area contributed by atoms with Crippen molar-refractivity contribution in [1.29, 1.82) is 0 Å². The molecular weight excluding hydrogens is 272 g/mol. The molecule has 0 spiro atoms. The Balaban J connectivity index is 1.97. The van der Waals surface area contributed by atoms with Gasteiger partial charge in [-0.2, -0.15) is 11.8 Å². The van der Waals surface area contributed by atoms with E-state index in [-0.39, 0.29) is 0 Å². The van der Waals surface area contributed by atoms with Crippen molar-refractivity contribution in [3.05, 3.63) is 29.3 Å². The van der Waals surface area contributed by atoms with Crippen molar-refractivity contribution in [1.82, 2.24) is 0 Å². The summed E-state index contributed by atoms with van der Waals surface area (Å²) >= 11 is 7.12. The average Bonchev–Trinajstić information content (AvgIpc) is 2.76. The first-order valence-corrected chi connectivity index (χ1v) is 8.34. The molecular formula is C15H22N2S2. The normalized spacial score (nSPS) is 22.4. The number of aryl methyl sites for hydroxylation is 1. The second-order valence-corrected chi connectivity index (χ2v) is 7.14. The Labute approximate surface area is 125 Å². The first-order valence-electron chi connectivity index (χ1n) is 6.88. The van der Waals surface area contributed by atoms with Crippen LogP contribution >= 0.6 is 24.0 Å². The zero-order valence-electron chi connectivity index (χ0n) is 11.6. The maximum Gasteiger partial charge on any atom is 0.104 e. The van der Waals surface area contributed by atoms with Crippen LogP contribution < -0.4 is 11.1 Å². The molecule has 2 nitrogen and oxygen atoms in total. The molecule has 1 aliphatic rings. The number of rotatable bonds is 5. The Morgan fingerprint density at radius 3 is 2.89 bits per heavy atom. The molecule has 3 N–H and O–H groups in total. The van der Waals surface area contributed by atoms with Gasteiger partial charge in [0.25, 0.3) is 0 Å². The molecule has 104 valence electrons. The highest BCUT2D eigenvalue weighted by Crippen LogP contribution is 2.31. The van der Waals surface area contributed by atoms with Crippen molar-refractivity contribution in [2.75, 3.05) is 11.1 Å². The molecule has 1 aliphatic carbocycles. The van der Waals surface area contributed by atoms with Crippen LogP contribution in [0.3, 0.4) is 0 Å². The van der Waals surface area contributed by atoms with E-state index in [1.54, 1.807) is 0 Å². The summed E-state index contributed by atoms with van der Waals surface area (Å²) in [5.41, 5.74) is 9.00. The first kappa shape index (κ1) is 14.7. The largest absolute Gasteiger partial charge is 0.389 e. The molecule has 1 saturated carbocycles. The number of thioether (sulfide) groups is 1. The topological polar surface area (TPSA) is 38.0 Å². The van der Waals surface area contributed by atoms with Crippen molar-refractivity contribution < 1.29 is 0 Å². The molecule has 4 heteroatoms. The van der Waals surface area contributed by atoms with Gasteiger partial charge in [-0.1, -0.05) is 19.1 Å². The van der Waals surface area contributed by atoms with Crippen LogP contribution in [0.5, 0.6) is 0 Å². The van der Waals surface area contributed by atoms with Gasteiger partial charge in [0.05, 0.1) is 0 Å². The Morgan fingerprint density at radius 1 is 1.47 bits per heavy atom. The third-order valence-electron chi connectivity index (χ3n) is 3.65. The number of benzene rings is 1. The lowest BCUT2D eigenvalue weighted by Gasteiger charge is -2.16. The summed E-state index contributed by atoms with van der Waals surface area (Å²) in [7, 11) is 0. The van der Waals surface area contributed by atoms with E-state index < -0.39 is 0 Å². The highest BCUT2D eigenvalue weighted by atomic mass is 32.2. The monoisotopic (exact) mass is 294 g/mol. The first-order chi connectivity index (χ1) is 9.10. The van der Waals surface area contributed by atoms with E-state index >= 15 is 0 Å². The van der Waals surface area contributed by atoms with E-state index in [4.69, 9.17) is 18.0 Å². The third kappa shape index (κ3) is 3.86. The summed E-state index contributed by atoms with van der Waals surface area (Å²) < 4.78 is 0. The molecule has 0 amide bonds. The van der Waals surface area contributed by atoms with Crippen LogP contribution in [0.15, 0.2) is 18.2 Å². The summed E-state index contributed by atoms with van der Waals surface area (Å²) in [5.74, 6) is 1.22. The van der Waals surface area contributed by atoms with E-state index in [9.17, 15) is 0 Å². The van der Waals surface area contributed by atoms with Crippen LogP contribution in [0, 0.1) is 6.92 Å². The number of hydrogen-bond acceptors (Lipinski definition) is 3.